The first-order valence-corrected chi connectivity index (χ1v) is 6.95. The van der Waals surface area contributed by atoms with Crippen molar-refractivity contribution in [3.8, 4) is 0 Å². The van der Waals surface area contributed by atoms with Crippen molar-refractivity contribution in [2.24, 2.45) is 0 Å². The molecule has 0 atom stereocenters. The van der Waals surface area contributed by atoms with Gasteiger partial charge in [0.25, 0.3) is 0 Å². The Morgan fingerprint density at radius 1 is 1.07 bits per heavy atom. The van der Waals surface area contributed by atoms with Crippen molar-refractivity contribution in [1.29, 1.82) is 0 Å². The summed E-state index contributed by atoms with van der Waals surface area (Å²) in [4.78, 5) is 0. The van der Waals surface area contributed by atoms with Gasteiger partial charge in [0.2, 0.25) is 0 Å². The minimum absolute atomic E-state index is 0.321. The Balaban J connectivity index is 2.11. The van der Waals surface area contributed by atoms with E-state index in [1.165, 1.54) is 5.56 Å². The van der Waals surface area contributed by atoms with Gasteiger partial charge < -0.3 is 5.73 Å². The summed E-state index contributed by atoms with van der Waals surface area (Å²) in [6.45, 7) is 0. The van der Waals surface area contributed by atoms with Crippen LogP contribution in [0, 0.1) is 0 Å². The first-order chi connectivity index (χ1) is 7.07. The lowest BCUT2D eigenvalue weighted by Crippen LogP contribution is -2.22. The van der Waals surface area contributed by atoms with Crippen molar-refractivity contribution in [2.75, 3.05) is 17.2 Å². The zero-order valence-electron chi connectivity index (χ0n) is 8.52. The molecule has 1 aliphatic heterocycles. The van der Waals surface area contributed by atoms with Gasteiger partial charge in [-0.15, -0.1) is 0 Å². The summed E-state index contributed by atoms with van der Waals surface area (Å²) < 4.78 is 22.5. The highest BCUT2D eigenvalue weighted by atomic mass is 32.2. The van der Waals surface area contributed by atoms with Crippen LogP contribution < -0.4 is 5.73 Å². The molecule has 0 spiro atoms. The maximum absolute atomic E-state index is 11.3. The molecule has 0 aromatic heterocycles. The fourth-order valence-corrected chi connectivity index (χ4v) is 3.48. The van der Waals surface area contributed by atoms with Crippen LogP contribution in [0.3, 0.4) is 0 Å². The molecule has 0 saturated carbocycles. The molecule has 0 amide bonds. The topological polar surface area (TPSA) is 60.2 Å². The minimum atomic E-state index is -2.76. The summed E-state index contributed by atoms with van der Waals surface area (Å²) >= 11 is 0. The fourth-order valence-electron chi connectivity index (χ4n) is 1.99. The molecule has 82 valence electrons. The second-order valence-corrected chi connectivity index (χ2v) is 6.40. The van der Waals surface area contributed by atoms with Crippen LogP contribution in [0.2, 0.25) is 0 Å². The van der Waals surface area contributed by atoms with Gasteiger partial charge in [-0.3, -0.25) is 0 Å². The van der Waals surface area contributed by atoms with Gasteiger partial charge in [-0.2, -0.15) is 0 Å². The monoisotopic (exact) mass is 225 g/mol. The highest BCUT2D eigenvalue weighted by molar-refractivity contribution is 7.91. The van der Waals surface area contributed by atoms with E-state index in [1.807, 2.05) is 24.3 Å². The molecule has 3 nitrogen and oxygen atoms in total. The van der Waals surface area contributed by atoms with Crippen molar-refractivity contribution in [3.63, 3.8) is 0 Å². The third-order valence-electron chi connectivity index (χ3n) is 2.96. The van der Waals surface area contributed by atoms with Gasteiger partial charge >= 0.3 is 0 Å². The van der Waals surface area contributed by atoms with Gasteiger partial charge in [-0.1, -0.05) is 12.1 Å². The number of anilines is 1. The number of sulfone groups is 1. The van der Waals surface area contributed by atoms with E-state index in [2.05, 4.69) is 0 Å². The second kappa shape index (κ2) is 3.85. The van der Waals surface area contributed by atoms with Gasteiger partial charge in [0.15, 0.2) is 0 Å². The molecule has 15 heavy (non-hydrogen) atoms. The summed E-state index contributed by atoms with van der Waals surface area (Å²) in [5, 5.41) is 0. The Morgan fingerprint density at radius 3 is 2.13 bits per heavy atom. The minimum Gasteiger partial charge on any atom is -0.399 e. The van der Waals surface area contributed by atoms with Crippen molar-refractivity contribution < 1.29 is 8.42 Å². The molecular formula is C11H15NO2S. The Hall–Kier alpha value is -1.03. The summed E-state index contributed by atoms with van der Waals surface area (Å²) in [5.41, 5.74) is 7.56. The maximum Gasteiger partial charge on any atom is 0.150 e. The smallest absolute Gasteiger partial charge is 0.150 e. The molecule has 0 unspecified atom stereocenters. The average molecular weight is 225 g/mol. The Kier molecular flexibility index (Phi) is 2.69. The van der Waals surface area contributed by atoms with Crippen LogP contribution in [0.25, 0.3) is 0 Å². The highest BCUT2D eigenvalue weighted by Gasteiger charge is 2.24. The molecule has 0 bridgehead atoms. The molecule has 4 heteroatoms. The van der Waals surface area contributed by atoms with Gasteiger partial charge in [0, 0.05) is 5.69 Å². The summed E-state index contributed by atoms with van der Waals surface area (Å²) in [7, 11) is -2.76. The van der Waals surface area contributed by atoms with Crippen LogP contribution in [0.1, 0.15) is 24.3 Å². The summed E-state index contributed by atoms with van der Waals surface area (Å²) in [6.07, 6.45) is 1.48. The predicted molar refractivity (Wildman–Crippen MR) is 61.5 cm³/mol. The quantitative estimate of drug-likeness (QED) is 0.738. The Bertz CT molecular complexity index is 422. The number of nitrogens with two attached hydrogens (primary N) is 1. The molecule has 1 aliphatic rings. The lowest BCUT2D eigenvalue weighted by molar-refractivity contribution is 0.550. The van der Waals surface area contributed by atoms with Crippen LogP contribution in [0.4, 0.5) is 5.69 Å². The lowest BCUT2D eigenvalue weighted by atomic mass is 9.93. The van der Waals surface area contributed by atoms with Crippen LogP contribution >= 0.6 is 0 Å². The molecule has 0 aliphatic carbocycles. The lowest BCUT2D eigenvalue weighted by Gasteiger charge is -2.22. The molecule has 2 N–H and O–H groups in total. The first-order valence-electron chi connectivity index (χ1n) is 5.13. The fraction of sp³-hybridized carbons (Fsp3) is 0.455. The van der Waals surface area contributed by atoms with Gasteiger partial charge in [-0.05, 0) is 36.5 Å². The first kappa shape index (κ1) is 10.5. The van der Waals surface area contributed by atoms with Crippen LogP contribution in [-0.4, -0.2) is 19.9 Å². The van der Waals surface area contributed by atoms with Crippen molar-refractivity contribution >= 4 is 15.5 Å². The van der Waals surface area contributed by atoms with Crippen LogP contribution in [0.15, 0.2) is 24.3 Å². The van der Waals surface area contributed by atoms with E-state index >= 15 is 0 Å². The number of hydrogen-bond donors (Lipinski definition) is 1. The van der Waals surface area contributed by atoms with Gasteiger partial charge in [-0.25, -0.2) is 8.42 Å². The van der Waals surface area contributed by atoms with E-state index in [-0.39, 0.29) is 0 Å². The van der Waals surface area contributed by atoms with Crippen molar-refractivity contribution in [3.05, 3.63) is 29.8 Å². The molecule has 2 rings (SSSR count). The zero-order valence-corrected chi connectivity index (χ0v) is 9.33. The number of rotatable bonds is 1. The van der Waals surface area contributed by atoms with Gasteiger partial charge in [0.05, 0.1) is 11.5 Å². The van der Waals surface area contributed by atoms with Crippen molar-refractivity contribution in [2.45, 2.75) is 18.8 Å². The third kappa shape index (κ3) is 2.50. The molecule has 1 aromatic rings. The summed E-state index contributed by atoms with van der Waals surface area (Å²) in [5.74, 6) is 1.03. The van der Waals surface area contributed by atoms with Crippen LogP contribution in [-0.2, 0) is 9.84 Å². The molecule has 1 saturated heterocycles. The van der Waals surface area contributed by atoms with E-state index in [4.69, 9.17) is 5.73 Å². The largest absolute Gasteiger partial charge is 0.399 e. The van der Waals surface area contributed by atoms with E-state index in [0.717, 1.165) is 18.5 Å². The highest BCUT2D eigenvalue weighted by Crippen LogP contribution is 2.29. The molecule has 1 fully saturated rings. The summed E-state index contributed by atoms with van der Waals surface area (Å²) in [6, 6.07) is 7.74. The van der Waals surface area contributed by atoms with Gasteiger partial charge in [0.1, 0.15) is 9.84 Å². The molecule has 1 heterocycles. The molecule has 0 radical (unpaired) electrons. The van der Waals surface area contributed by atoms with Crippen molar-refractivity contribution in [1.82, 2.24) is 0 Å². The number of benzene rings is 1. The molecule has 1 aromatic carbocycles. The van der Waals surface area contributed by atoms with E-state index < -0.39 is 9.84 Å². The van der Waals surface area contributed by atoms with Crippen LogP contribution in [0.5, 0.6) is 0 Å². The maximum atomic E-state index is 11.3. The second-order valence-electron chi connectivity index (χ2n) is 4.09. The standard InChI is InChI=1S/C11H15NO2S/c12-11-3-1-9(2-4-11)10-5-7-15(13,14)8-6-10/h1-4,10H,5-8,12H2. The van der Waals surface area contributed by atoms with E-state index in [9.17, 15) is 8.42 Å². The Labute approximate surface area is 90.2 Å². The predicted octanol–water partition coefficient (Wildman–Crippen LogP) is 1.56. The SMILES string of the molecule is Nc1ccc(C2CCS(=O)(=O)CC2)cc1. The van der Waals surface area contributed by atoms with E-state index in [0.29, 0.717) is 17.4 Å². The van der Waals surface area contributed by atoms with E-state index in [1.54, 1.807) is 0 Å². The normalized spacial score (nSPS) is 21.3. The Morgan fingerprint density at radius 2 is 1.60 bits per heavy atom. The average Bonchev–Trinajstić information content (AvgIpc) is 2.20. The number of hydrogen-bond acceptors (Lipinski definition) is 3. The molecular weight excluding hydrogens is 210 g/mol. The zero-order chi connectivity index (χ0) is 10.9. The number of nitrogen functional groups attached to an aromatic ring is 1. The third-order valence-corrected chi connectivity index (χ3v) is 4.68.